The fourth-order valence-electron chi connectivity index (χ4n) is 2.19. The summed E-state index contributed by atoms with van der Waals surface area (Å²) in [6, 6.07) is 0.0579. The molecule has 1 saturated heterocycles. The molecule has 15 heavy (non-hydrogen) atoms. The lowest BCUT2D eigenvalue weighted by molar-refractivity contribution is 0.0944. The Hall–Kier alpha value is -0.980. The van der Waals surface area contributed by atoms with Crippen LogP contribution in [0, 0.1) is 5.92 Å². The van der Waals surface area contributed by atoms with Gasteiger partial charge >= 0.3 is 0 Å². The number of hydrazine groups is 1. The van der Waals surface area contributed by atoms with Crippen LogP contribution in [-0.2, 0) is 11.8 Å². The van der Waals surface area contributed by atoms with Crippen molar-refractivity contribution >= 4 is 0 Å². The van der Waals surface area contributed by atoms with Gasteiger partial charge in [0.25, 0.3) is 0 Å². The number of rotatable bonds is 3. The Balaban J connectivity index is 2.20. The zero-order valence-corrected chi connectivity index (χ0v) is 9.05. The molecule has 84 valence electrons. The molecule has 3 atom stereocenters. The predicted molar refractivity (Wildman–Crippen MR) is 54.6 cm³/mol. The van der Waals surface area contributed by atoms with E-state index in [4.69, 9.17) is 10.6 Å². The van der Waals surface area contributed by atoms with Crippen LogP contribution in [0.3, 0.4) is 0 Å². The van der Waals surface area contributed by atoms with Gasteiger partial charge in [-0.05, 0) is 13.3 Å². The number of nitrogens with two attached hydrogens (primary N) is 1. The first-order valence-corrected chi connectivity index (χ1v) is 5.16. The lowest BCUT2D eigenvalue weighted by Gasteiger charge is -2.24. The number of hydrogen-bond acceptors (Lipinski definition) is 5. The summed E-state index contributed by atoms with van der Waals surface area (Å²) in [6.07, 6.45) is 2.98. The van der Waals surface area contributed by atoms with Crippen molar-refractivity contribution in [2.75, 3.05) is 6.61 Å². The van der Waals surface area contributed by atoms with Gasteiger partial charge in [-0.1, -0.05) is 5.21 Å². The molecule has 0 saturated carbocycles. The molecule has 2 rings (SSSR count). The van der Waals surface area contributed by atoms with Crippen molar-refractivity contribution in [3.63, 3.8) is 0 Å². The molecule has 0 aliphatic carbocycles. The molecular formula is C9H17N5O. The number of ether oxygens (including phenoxy) is 1. The van der Waals surface area contributed by atoms with Crippen LogP contribution < -0.4 is 11.3 Å². The molecule has 0 bridgehead atoms. The maximum Gasteiger partial charge on any atom is 0.0770 e. The van der Waals surface area contributed by atoms with Crippen molar-refractivity contribution in [1.29, 1.82) is 0 Å². The molecule has 1 aromatic heterocycles. The second-order valence-electron chi connectivity index (χ2n) is 3.96. The van der Waals surface area contributed by atoms with Crippen LogP contribution in [-0.4, -0.2) is 27.7 Å². The van der Waals surface area contributed by atoms with Gasteiger partial charge < -0.3 is 4.74 Å². The van der Waals surface area contributed by atoms with Crippen molar-refractivity contribution in [2.24, 2.45) is 18.8 Å². The Morgan fingerprint density at radius 2 is 2.53 bits per heavy atom. The number of nitrogens with one attached hydrogen (secondary N) is 1. The van der Waals surface area contributed by atoms with Crippen LogP contribution >= 0.6 is 0 Å². The van der Waals surface area contributed by atoms with E-state index < -0.39 is 0 Å². The molecule has 1 aliphatic rings. The Labute approximate surface area is 88.7 Å². The minimum atomic E-state index is 0.0579. The van der Waals surface area contributed by atoms with E-state index in [9.17, 15) is 0 Å². The first-order chi connectivity index (χ1) is 7.24. The third-order valence-corrected chi connectivity index (χ3v) is 3.11. The van der Waals surface area contributed by atoms with Gasteiger partial charge in [0.05, 0.1) is 24.0 Å². The normalized spacial score (nSPS) is 28.2. The van der Waals surface area contributed by atoms with Crippen molar-refractivity contribution in [1.82, 2.24) is 20.4 Å². The van der Waals surface area contributed by atoms with Crippen LogP contribution in [0.2, 0.25) is 0 Å². The highest BCUT2D eigenvalue weighted by Crippen LogP contribution is 2.31. The zero-order valence-electron chi connectivity index (χ0n) is 9.05. The van der Waals surface area contributed by atoms with Crippen LogP contribution in [0.1, 0.15) is 25.1 Å². The summed E-state index contributed by atoms with van der Waals surface area (Å²) < 4.78 is 7.29. The summed E-state index contributed by atoms with van der Waals surface area (Å²) in [6.45, 7) is 2.88. The molecule has 3 unspecified atom stereocenters. The van der Waals surface area contributed by atoms with E-state index >= 15 is 0 Å². The smallest absolute Gasteiger partial charge is 0.0770 e. The van der Waals surface area contributed by atoms with Crippen molar-refractivity contribution in [3.8, 4) is 0 Å². The second kappa shape index (κ2) is 4.26. The lowest BCUT2D eigenvalue weighted by atomic mass is 9.92. The average Bonchev–Trinajstić information content (AvgIpc) is 2.80. The van der Waals surface area contributed by atoms with Crippen molar-refractivity contribution in [3.05, 3.63) is 11.9 Å². The quantitative estimate of drug-likeness (QED) is 0.532. The zero-order chi connectivity index (χ0) is 10.8. The van der Waals surface area contributed by atoms with E-state index in [1.165, 1.54) is 0 Å². The number of aryl methyl sites for hydroxylation is 1. The topological polar surface area (TPSA) is 78.0 Å². The minimum absolute atomic E-state index is 0.0579. The SMILES string of the molecule is CC1OCCC1C(NN)c1cnnn1C. The van der Waals surface area contributed by atoms with E-state index in [1.807, 2.05) is 7.05 Å². The van der Waals surface area contributed by atoms with E-state index in [-0.39, 0.29) is 12.1 Å². The highest BCUT2D eigenvalue weighted by Gasteiger charge is 2.33. The molecule has 2 heterocycles. The monoisotopic (exact) mass is 211 g/mol. The molecule has 1 aromatic rings. The van der Waals surface area contributed by atoms with Gasteiger partial charge in [0.2, 0.25) is 0 Å². The van der Waals surface area contributed by atoms with Gasteiger partial charge in [-0.25, -0.2) is 0 Å². The molecular weight excluding hydrogens is 194 g/mol. The minimum Gasteiger partial charge on any atom is -0.378 e. The molecule has 1 aliphatic heterocycles. The van der Waals surface area contributed by atoms with E-state index in [1.54, 1.807) is 10.9 Å². The largest absolute Gasteiger partial charge is 0.378 e. The second-order valence-corrected chi connectivity index (χ2v) is 3.96. The molecule has 0 amide bonds. The Morgan fingerprint density at radius 3 is 3.00 bits per heavy atom. The molecule has 6 nitrogen and oxygen atoms in total. The van der Waals surface area contributed by atoms with Crippen molar-refractivity contribution < 1.29 is 4.74 Å². The predicted octanol–water partition coefficient (Wildman–Crippen LogP) is -0.255. The Bertz CT molecular complexity index is 326. The number of nitrogens with zero attached hydrogens (tertiary/aromatic N) is 3. The fourth-order valence-corrected chi connectivity index (χ4v) is 2.19. The van der Waals surface area contributed by atoms with Crippen LogP contribution in [0.15, 0.2) is 6.20 Å². The first kappa shape index (κ1) is 10.5. The summed E-state index contributed by atoms with van der Waals surface area (Å²) in [5.74, 6) is 5.98. The van der Waals surface area contributed by atoms with Gasteiger partial charge in [0, 0.05) is 19.6 Å². The average molecular weight is 211 g/mol. The maximum atomic E-state index is 5.60. The maximum absolute atomic E-state index is 5.60. The van der Waals surface area contributed by atoms with Gasteiger partial charge in [-0.2, -0.15) is 0 Å². The lowest BCUT2D eigenvalue weighted by Crippen LogP contribution is -2.37. The number of aromatic nitrogens is 3. The first-order valence-electron chi connectivity index (χ1n) is 5.16. The van der Waals surface area contributed by atoms with Crippen LogP contribution in [0.25, 0.3) is 0 Å². The summed E-state index contributed by atoms with van der Waals surface area (Å²) in [5, 5.41) is 7.78. The van der Waals surface area contributed by atoms with E-state index in [0.717, 1.165) is 18.7 Å². The standard InChI is InChI=1S/C9H17N5O/c1-6-7(3-4-15-6)9(12-10)8-5-11-13-14(8)2/h5-7,9,12H,3-4,10H2,1-2H3. The summed E-state index contributed by atoms with van der Waals surface area (Å²) >= 11 is 0. The summed E-state index contributed by atoms with van der Waals surface area (Å²) in [7, 11) is 1.87. The van der Waals surface area contributed by atoms with Crippen LogP contribution in [0.4, 0.5) is 0 Å². The highest BCUT2D eigenvalue weighted by atomic mass is 16.5. The van der Waals surface area contributed by atoms with E-state index in [0.29, 0.717) is 5.92 Å². The Morgan fingerprint density at radius 1 is 1.73 bits per heavy atom. The van der Waals surface area contributed by atoms with E-state index in [2.05, 4.69) is 22.7 Å². The number of hydrogen-bond donors (Lipinski definition) is 2. The molecule has 3 N–H and O–H groups in total. The molecule has 6 heteroatoms. The summed E-state index contributed by atoms with van der Waals surface area (Å²) in [4.78, 5) is 0. The van der Waals surface area contributed by atoms with Gasteiger partial charge in [0.1, 0.15) is 0 Å². The Kier molecular flexibility index (Phi) is 2.99. The molecule has 0 spiro atoms. The summed E-state index contributed by atoms with van der Waals surface area (Å²) in [5.41, 5.74) is 3.84. The molecule has 0 aromatic carbocycles. The third-order valence-electron chi connectivity index (χ3n) is 3.11. The van der Waals surface area contributed by atoms with Crippen molar-refractivity contribution in [2.45, 2.75) is 25.5 Å². The molecule has 0 radical (unpaired) electrons. The van der Waals surface area contributed by atoms with Gasteiger partial charge in [-0.15, -0.1) is 5.10 Å². The highest BCUT2D eigenvalue weighted by molar-refractivity contribution is 5.05. The van der Waals surface area contributed by atoms with Gasteiger partial charge in [0.15, 0.2) is 0 Å². The molecule has 1 fully saturated rings. The fraction of sp³-hybridized carbons (Fsp3) is 0.778. The third kappa shape index (κ3) is 1.88. The van der Waals surface area contributed by atoms with Crippen LogP contribution in [0.5, 0.6) is 0 Å². The van der Waals surface area contributed by atoms with Gasteiger partial charge in [-0.3, -0.25) is 16.0 Å².